The third kappa shape index (κ3) is 8.50. The molecule has 1 unspecified atom stereocenters. The summed E-state index contributed by atoms with van der Waals surface area (Å²) < 4.78 is 4.62. The molecule has 0 amide bonds. The molecule has 0 bridgehead atoms. The SMILES string of the molecule is CC(C)N(C)C(C)C[Xe]N=[N+]=[N-].[Re]. The first-order valence-corrected chi connectivity index (χ1v) is 6.24. The van der Waals surface area contributed by atoms with Gasteiger partial charge in [-0.1, -0.05) is 0 Å². The minimum absolute atomic E-state index is 0. The number of rotatable bonds is 5. The summed E-state index contributed by atoms with van der Waals surface area (Å²) in [5, 5.41) is 0. The molecule has 4 nitrogen and oxygen atoms in total. The van der Waals surface area contributed by atoms with E-state index in [1.54, 1.807) is 0 Å². The second kappa shape index (κ2) is 10.0. The smallest absolute Gasteiger partial charge is 0 e. The van der Waals surface area contributed by atoms with Crippen LogP contribution in [-0.4, -0.2) is 24.0 Å². The molecule has 0 aromatic rings. The maximum atomic E-state index is 8.09. The molecule has 0 aromatic heterocycles. The third-order valence-corrected chi connectivity index (χ3v) is 3.89. The van der Waals surface area contributed by atoms with Gasteiger partial charge in [0.05, 0.1) is 0 Å². The van der Waals surface area contributed by atoms with Crippen LogP contribution in [0.1, 0.15) is 20.8 Å². The van der Waals surface area contributed by atoms with E-state index in [0.29, 0.717) is 12.1 Å². The molecule has 0 aliphatic carbocycles. The Morgan fingerprint density at radius 1 is 1.46 bits per heavy atom. The van der Waals surface area contributed by atoms with Gasteiger partial charge < -0.3 is 0 Å². The van der Waals surface area contributed by atoms with Gasteiger partial charge in [0.1, 0.15) is 0 Å². The third-order valence-electron chi connectivity index (χ3n) is 1.86. The summed E-state index contributed by atoms with van der Waals surface area (Å²) in [6.45, 7) is 6.50. The quantitative estimate of drug-likeness (QED) is 0.344. The molecular formula is C7H16N4ReXe. The minimum Gasteiger partial charge on any atom is 0 e. The molecule has 79 valence electrons. The normalized spacial score (nSPS) is 12.5. The zero-order chi connectivity index (χ0) is 9.56. The summed E-state index contributed by atoms with van der Waals surface area (Å²) >= 11 is -0.144. The molecule has 0 fully saturated rings. The first kappa shape index (κ1) is 16.9. The number of hydrogen-bond acceptors (Lipinski definition) is 2. The summed E-state index contributed by atoms with van der Waals surface area (Å²) in [4.78, 5) is 5.05. The van der Waals surface area contributed by atoms with Crippen molar-refractivity contribution >= 4 is 0 Å². The van der Waals surface area contributed by atoms with E-state index in [1.165, 1.54) is 0 Å². The topological polar surface area (TPSA) is 52.0 Å². The van der Waals surface area contributed by atoms with E-state index in [2.05, 4.69) is 37.8 Å². The number of nitrogens with zero attached hydrogens (tertiary/aromatic N) is 4. The van der Waals surface area contributed by atoms with Gasteiger partial charge in [-0.05, 0) is 0 Å². The van der Waals surface area contributed by atoms with Crippen molar-refractivity contribution < 1.29 is 65.0 Å². The fourth-order valence-electron chi connectivity index (χ4n) is 0.755. The molecule has 6 heteroatoms. The molecule has 1 atom stereocenters. The molecule has 0 aliphatic rings. The largest absolute Gasteiger partial charge is 0 e. The van der Waals surface area contributed by atoms with E-state index in [4.69, 9.17) is 5.53 Å². The van der Waals surface area contributed by atoms with E-state index in [9.17, 15) is 0 Å². The van der Waals surface area contributed by atoms with Crippen molar-refractivity contribution in [2.75, 3.05) is 7.05 Å². The van der Waals surface area contributed by atoms with E-state index in [1.807, 2.05) is 0 Å². The van der Waals surface area contributed by atoms with Gasteiger partial charge in [-0.25, -0.2) is 0 Å². The fourth-order valence-corrected chi connectivity index (χ4v) is 2.16. The summed E-state index contributed by atoms with van der Waals surface area (Å²) in [6.07, 6.45) is 0. The average molecular weight is 474 g/mol. The van der Waals surface area contributed by atoms with Crippen molar-refractivity contribution in [3.8, 4) is 0 Å². The molecule has 0 spiro atoms. The predicted octanol–water partition coefficient (Wildman–Crippen LogP) is 2.44. The van der Waals surface area contributed by atoms with E-state index >= 15 is 0 Å². The van der Waals surface area contributed by atoms with Gasteiger partial charge in [0.15, 0.2) is 0 Å². The van der Waals surface area contributed by atoms with Gasteiger partial charge in [-0.2, -0.15) is 0 Å². The Morgan fingerprint density at radius 2 is 2.00 bits per heavy atom. The molecular weight excluding hydrogens is 458 g/mol. The van der Waals surface area contributed by atoms with Gasteiger partial charge in [0.25, 0.3) is 0 Å². The summed E-state index contributed by atoms with van der Waals surface area (Å²) in [6, 6.07) is 1.08. The molecule has 0 aliphatic heterocycles. The molecule has 0 rings (SSSR count). The van der Waals surface area contributed by atoms with Crippen molar-refractivity contribution in [1.29, 1.82) is 0 Å². The fraction of sp³-hybridized carbons (Fsp3) is 1.00. The van der Waals surface area contributed by atoms with Crippen LogP contribution in [0.25, 0.3) is 10.4 Å². The van der Waals surface area contributed by atoms with Crippen LogP contribution in [0.3, 0.4) is 0 Å². The summed E-state index contributed by atoms with van der Waals surface area (Å²) in [7, 11) is 2.10. The van der Waals surface area contributed by atoms with Crippen molar-refractivity contribution in [1.82, 2.24) is 4.90 Å². The van der Waals surface area contributed by atoms with Crippen LogP contribution in [0, 0.1) is 44.6 Å². The van der Waals surface area contributed by atoms with Gasteiger partial charge in [-0.3, -0.25) is 0 Å². The van der Waals surface area contributed by atoms with Crippen LogP contribution < -0.4 is 0 Å². The van der Waals surface area contributed by atoms with Crippen LogP contribution in [0.5, 0.6) is 0 Å². The van der Waals surface area contributed by atoms with Gasteiger partial charge in [-0.15, -0.1) is 0 Å². The molecule has 13 heavy (non-hydrogen) atoms. The Bertz CT molecular complexity index is 170. The molecule has 0 aromatic carbocycles. The van der Waals surface area contributed by atoms with E-state index in [0.717, 1.165) is 0.889 Å². The Kier molecular flexibility index (Phi) is 13.1. The maximum absolute atomic E-state index is 8.09. The van der Waals surface area contributed by atoms with Crippen LogP contribution in [0.2, 0.25) is 0.889 Å². The van der Waals surface area contributed by atoms with Crippen molar-refractivity contribution in [3.63, 3.8) is 0 Å². The predicted molar refractivity (Wildman–Crippen MR) is 46.3 cm³/mol. The Hall–Kier alpha value is 1.50. The van der Waals surface area contributed by atoms with E-state index in [-0.39, 0.29) is 65.0 Å². The Morgan fingerprint density at radius 3 is 2.38 bits per heavy atom. The van der Waals surface area contributed by atoms with Gasteiger partial charge in [0, 0.05) is 20.4 Å². The summed E-state index contributed by atoms with van der Waals surface area (Å²) in [5.41, 5.74) is 8.09. The van der Waals surface area contributed by atoms with E-state index < -0.39 is 0 Å². The van der Waals surface area contributed by atoms with Crippen molar-refractivity contribution in [2.45, 2.75) is 33.7 Å². The first-order valence-electron chi connectivity index (χ1n) is 3.91. The monoisotopic (exact) mass is 475 g/mol. The van der Waals surface area contributed by atoms with Crippen LogP contribution in [0.15, 0.2) is 0.127 Å². The van der Waals surface area contributed by atoms with Crippen LogP contribution in [-0.2, 0) is 20.4 Å². The molecule has 0 saturated carbocycles. The van der Waals surface area contributed by atoms with Gasteiger partial charge >= 0.3 is 101 Å². The van der Waals surface area contributed by atoms with Crippen LogP contribution >= 0.6 is 0 Å². The number of hydrogen-bond donors (Lipinski definition) is 0. The second-order valence-corrected chi connectivity index (χ2v) is 4.89. The van der Waals surface area contributed by atoms with Crippen molar-refractivity contribution in [2.24, 2.45) is 0.127 Å². The molecule has 0 heterocycles. The van der Waals surface area contributed by atoms with Crippen molar-refractivity contribution in [3.05, 3.63) is 10.4 Å². The summed E-state index contributed by atoms with van der Waals surface area (Å²) in [5.74, 6) is 0. The zero-order valence-electron chi connectivity index (χ0n) is 8.38. The maximum Gasteiger partial charge on any atom is 0 e. The first-order chi connectivity index (χ1) is 5.59. The minimum atomic E-state index is -0.144. The molecule has 0 N–H and O–H groups in total. The second-order valence-electron chi connectivity index (χ2n) is 3.02. The molecule has 1 radical (unpaired) electrons. The standard InChI is InChI=1S/C7H16N4Xe.Re/c1-6(2)11(4)7(3)5-12-10-9-8;/h6-7H,5H2,1-4H3;. The molecule has 0 saturated heterocycles. The Balaban J connectivity index is 0. The van der Waals surface area contributed by atoms with Gasteiger partial charge in [0.2, 0.25) is 0 Å². The zero-order valence-corrected chi connectivity index (χ0v) is 13.1. The number of azide groups is 1. The average Bonchev–Trinajstić information content (AvgIpc) is 2.03. The Labute approximate surface area is 119 Å². The van der Waals surface area contributed by atoms with Crippen LogP contribution in [0.4, 0.5) is 0 Å².